The molecule has 5 heteroatoms. The van der Waals surface area contributed by atoms with Crippen LogP contribution in [0.2, 0.25) is 0 Å². The van der Waals surface area contributed by atoms with E-state index >= 15 is 0 Å². The van der Waals surface area contributed by atoms with Crippen molar-refractivity contribution in [2.24, 2.45) is 0 Å². The molecule has 5 nitrogen and oxygen atoms in total. The molecule has 2 N–H and O–H groups in total. The lowest BCUT2D eigenvalue weighted by Gasteiger charge is -2.09. The van der Waals surface area contributed by atoms with Crippen LogP contribution in [0.4, 0.5) is 0 Å². The van der Waals surface area contributed by atoms with E-state index in [2.05, 4.69) is 10.6 Å². The summed E-state index contributed by atoms with van der Waals surface area (Å²) in [5.41, 5.74) is 2.76. The number of hydrogen-bond donors (Lipinski definition) is 2. The Hall–Kier alpha value is -3.60. The van der Waals surface area contributed by atoms with Gasteiger partial charge in [-0.3, -0.25) is 9.59 Å². The van der Waals surface area contributed by atoms with Gasteiger partial charge in [-0.25, -0.2) is 0 Å². The minimum Gasteiger partial charge on any atom is -0.493 e. The van der Waals surface area contributed by atoms with Crippen LogP contribution in [0.25, 0.3) is 11.1 Å². The fourth-order valence-electron chi connectivity index (χ4n) is 2.79. The van der Waals surface area contributed by atoms with Gasteiger partial charge >= 0.3 is 0 Å². The van der Waals surface area contributed by atoms with Gasteiger partial charge in [0.15, 0.2) is 0 Å². The van der Waals surface area contributed by atoms with E-state index in [4.69, 9.17) is 4.74 Å². The number of amides is 2. The van der Waals surface area contributed by atoms with Gasteiger partial charge in [-0.05, 0) is 35.4 Å². The average Bonchev–Trinajstić information content (AvgIpc) is 2.78. The highest BCUT2D eigenvalue weighted by Crippen LogP contribution is 2.19. The molecule has 0 unspecified atom stereocenters. The molecule has 0 heterocycles. The summed E-state index contributed by atoms with van der Waals surface area (Å²) in [4.78, 5) is 24.0. The number of para-hydroxylation sites is 1. The van der Waals surface area contributed by atoms with E-state index in [1.807, 2.05) is 72.8 Å². The zero-order valence-corrected chi connectivity index (χ0v) is 16.1. The summed E-state index contributed by atoms with van der Waals surface area (Å²) in [5.74, 6) is 0.472. The van der Waals surface area contributed by atoms with Crippen LogP contribution in [0.3, 0.4) is 0 Å². The van der Waals surface area contributed by atoms with E-state index in [1.165, 1.54) is 0 Å². The first kappa shape index (κ1) is 20.1. The van der Waals surface area contributed by atoms with Crippen molar-refractivity contribution >= 4 is 11.8 Å². The van der Waals surface area contributed by atoms with Crippen molar-refractivity contribution in [3.63, 3.8) is 0 Å². The van der Waals surface area contributed by atoms with Gasteiger partial charge in [0, 0.05) is 18.7 Å². The van der Waals surface area contributed by atoms with Crippen molar-refractivity contribution in [2.75, 3.05) is 19.7 Å². The van der Waals surface area contributed by atoms with Gasteiger partial charge < -0.3 is 15.4 Å². The van der Waals surface area contributed by atoms with Gasteiger partial charge in [-0.1, -0.05) is 60.7 Å². The van der Waals surface area contributed by atoms with E-state index in [-0.39, 0.29) is 18.2 Å². The Balaban J connectivity index is 1.34. The standard InChI is InChI=1S/C24H24N2O3/c27-23(15-18-29-22-9-5-2-6-10-22)25-16-17-26-24(28)21-13-11-20(12-14-21)19-7-3-1-4-8-19/h1-14H,15-18H2,(H,25,27)(H,26,28). The largest absolute Gasteiger partial charge is 0.493 e. The maximum absolute atomic E-state index is 12.2. The molecule has 3 aromatic rings. The SMILES string of the molecule is O=C(CCOc1ccccc1)NCCNC(=O)c1ccc(-c2ccccc2)cc1. The fraction of sp³-hybridized carbons (Fsp3) is 0.167. The Morgan fingerprint density at radius 3 is 1.97 bits per heavy atom. The first-order valence-electron chi connectivity index (χ1n) is 9.60. The first-order chi connectivity index (χ1) is 14.2. The van der Waals surface area contributed by atoms with Gasteiger partial charge in [0.25, 0.3) is 5.91 Å². The molecular formula is C24H24N2O3. The predicted molar refractivity (Wildman–Crippen MR) is 114 cm³/mol. The van der Waals surface area contributed by atoms with E-state index in [0.29, 0.717) is 25.3 Å². The number of nitrogens with one attached hydrogen (secondary N) is 2. The minimum absolute atomic E-state index is 0.109. The normalized spacial score (nSPS) is 10.2. The monoisotopic (exact) mass is 388 g/mol. The fourth-order valence-corrected chi connectivity index (χ4v) is 2.79. The Bertz CT molecular complexity index is 910. The summed E-state index contributed by atoms with van der Waals surface area (Å²) in [5, 5.41) is 5.58. The molecule has 0 spiro atoms. The topological polar surface area (TPSA) is 67.4 Å². The van der Waals surface area contributed by atoms with Crippen molar-refractivity contribution in [3.8, 4) is 16.9 Å². The molecule has 3 aromatic carbocycles. The van der Waals surface area contributed by atoms with Crippen LogP contribution in [0, 0.1) is 0 Å². The zero-order chi connectivity index (χ0) is 20.3. The van der Waals surface area contributed by atoms with Gasteiger partial charge in [0.2, 0.25) is 5.91 Å². The third-order valence-electron chi connectivity index (χ3n) is 4.33. The summed E-state index contributed by atoms with van der Waals surface area (Å²) >= 11 is 0. The van der Waals surface area contributed by atoms with Crippen LogP contribution in [0.1, 0.15) is 16.8 Å². The maximum Gasteiger partial charge on any atom is 0.251 e. The van der Waals surface area contributed by atoms with E-state index < -0.39 is 0 Å². The molecule has 0 bridgehead atoms. The number of rotatable bonds is 9. The molecule has 0 aliphatic rings. The van der Waals surface area contributed by atoms with Crippen molar-refractivity contribution < 1.29 is 14.3 Å². The van der Waals surface area contributed by atoms with Crippen LogP contribution < -0.4 is 15.4 Å². The third-order valence-corrected chi connectivity index (χ3v) is 4.33. The number of carbonyl (C=O) groups excluding carboxylic acids is 2. The highest BCUT2D eigenvalue weighted by molar-refractivity contribution is 5.94. The molecule has 0 aliphatic carbocycles. The lowest BCUT2D eigenvalue weighted by molar-refractivity contribution is -0.121. The molecule has 0 saturated heterocycles. The second kappa shape index (κ2) is 10.7. The van der Waals surface area contributed by atoms with E-state index in [1.54, 1.807) is 12.1 Å². The summed E-state index contributed by atoms with van der Waals surface area (Å²) < 4.78 is 5.49. The molecule has 0 saturated carbocycles. The van der Waals surface area contributed by atoms with Crippen LogP contribution in [-0.4, -0.2) is 31.5 Å². The first-order valence-corrected chi connectivity index (χ1v) is 9.60. The van der Waals surface area contributed by atoms with Crippen LogP contribution >= 0.6 is 0 Å². The maximum atomic E-state index is 12.2. The molecular weight excluding hydrogens is 364 g/mol. The van der Waals surface area contributed by atoms with Crippen molar-refractivity contribution in [1.29, 1.82) is 0 Å². The zero-order valence-electron chi connectivity index (χ0n) is 16.1. The Kier molecular flexibility index (Phi) is 7.41. The van der Waals surface area contributed by atoms with Gasteiger partial charge in [0.1, 0.15) is 5.75 Å². The Morgan fingerprint density at radius 2 is 1.28 bits per heavy atom. The van der Waals surface area contributed by atoms with E-state index in [0.717, 1.165) is 16.9 Å². The molecule has 0 fully saturated rings. The predicted octanol–water partition coefficient (Wildman–Crippen LogP) is 3.67. The summed E-state index contributed by atoms with van der Waals surface area (Å²) in [7, 11) is 0. The van der Waals surface area contributed by atoms with Crippen molar-refractivity contribution in [1.82, 2.24) is 10.6 Å². The number of hydrogen-bond acceptors (Lipinski definition) is 3. The highest BCUT2D eigenvalue weighted by atomic mass is 16.5. The van der Waals surface area contributed by atoms with E-state index in [9.17, 15) is 9.59 Å². The van der Waals surface area contributed by atoms with Gasteiger partial charge in [0.05, 0.1) is 13.0 Å². The van der Waals surface area contributed by atoms with Gasteiger partial charge in [-0.15, -0.1) is 0 Å². The lowest BCUT2D eigenvalue weighted by atomic mass is 10.0. The average molecular weight is 388 g/mol. The van der Waals surface area contributed by atoms with Crippen molar-refractivity contribution in [2.45, 2.75) is 6.42 Å². The molecule has 29 heavy (non-hydrogen) atoms. The van der Waals surface area contributed by atoms with Crippen LogP contribution in [-0.2, 0) is 4.79 Å². The molecule has 3 rings (SSSR count). The highest BCUT2D eigenvalue weighted by Gasteiger charge is 2.06. The third kappa shape index (κ3) is 6.50. The molecule has 0 radical (unpaired) electrons. The molecule has 148 valence electrons. The molecule has 2 amide bonds. The number of benzene rings is 3. The summed E-state index contributed by atoms with van der Waals surface area (Å²) in [6.07, 6.45) is 0.268. The smallest absolute Gasteiger partial charge is 0.251 e. The number of ether oxygens (including phenoxy) is 1. The second-order valence-electron chi connectivity index (χ2n) is 6.46. The lowest BCUT2D eigenvalue weighted by Crippen LogP contribution is -2.35. The van der Waals surface area contributed by atoms with Crippen LogP contribution in [0.5, 0.6) is 5.75 Å². The molecule has 0 aliphatic heterocycles. The summed E-state index contributed by atoms with van der Waals surface area (Å²) in [6.45, 7) is 1.05. The molecule has 0 atom stereocenters. The number of carbonyl (C=O) groups is 2. The second-order valence-corrected chi connectivity index (χ2v) is 6.46. The van der Waals surface area contributed by atoms with Crippen LogP contribution in [0.15, 0.2) is 84.9 Å². The van der Waals surface area contributed by atoms with Gasteiger partial charge in [-0.2, -0.15) is 0 Å². The molecule has 0 aromatic heterocycles. The van der Waals surface area contributed by atoms with Crippen molar-refractivity contribution in [3.05, 3.63) is 90.5 Å². The Labute approximate surface area is 170 Å². The Morgan fingerprint density at radius 1 is 0.690 bits per heavy atom. The summed E-state index contributed by atoms with van der Waals surface area (Å²) in [6, 6.07) is 26.8. The quantitative estimate of drug-likeness (QED) is 0.550. The minimum atomic E-state index is -0.161.